The molecular weight excluding hydrogens is 260 g/mol. The molecule has 0 atom stereocenters. The van der Waals surface area contributed by atoms with Crippen LogP contribution < -0.4 is 0 Å². The van der Waals surface area contributed by atoms with Gasteiger partial charge in [-0.1, -0.05) is 0 Å². The molecule has 2 nitrogen and oxygen atoms in total. The average molecular weight is 268 g/mol. The summed E-state index contributed by atoms with van der Waals surface area (Å²) in [4.78, 5) is 10.8. The zero-order valence-corrected chi connectivity index (χ0v) is 9.19. The van der Waals surface area contributed by atoms with E-state index in [1.54, 1.807) is 0 Å². The van der Waals surface area contributed by atoms with Crippen molar-refractivity contribution in [3.05, 3.63) is 29.8 Å². The normalized spacial score (nSPS) is 11.8. The van der Waals surface area contributed by atoms with Gasteiger partial charge in [0.2, 0.25) is 0 Å². The molecule has 0 unspecified atom stereocenters. The second-order valence-corrected chi connectivity index (χ2v) is 4.23. The minimum absolute atomic E-state index is 0.00923. The van der Waals surface area contributed by atoms with Gasteiger partial charge >= 0.3 is 18.3 Å². The lowest BCUT2D eigenvalue weighted by Gasteiger charge is -2.14. The monoisotopic (exact) mass is 268 g/mol. The summed E-state index contributed by atoms with van der Waals surface area (Å²) in [7, 11) is 0. The molecule has 0 amide bonds. The molecule has 0 aliphatic heterocycles. The molecule has 1 aromatic carbocycles. The van der Waals surface area contributed by atoms with E-state index in [0.29, 0.717) is 16.7 Å². The Bertz CT molecular complexity index is 392. The third-order valence-corrected chi connectivity index (χ3v) is 2.99. The van der Waals surface area contributed by atoms with Crippen LogP contribution in [0.1, 0.15) is 10.4 Å². The molecule has 7 heteroatoms. The molecule has 17 heavy (non-hydrogen) atoms. The predicted molar refractivity (Wildman–Crippen MR) is 55.1 cm³/mol. The topological polar surface area (TPSA) is 37.3 Å². The summed E-state index contributed by atoms with van der Waals surface area (Å²) in [6.45, 7) is 0. The molecule has 0 aromatic heterocycles. The van der Waals surface area contributed by atoms with Gasteiger partial charge in [0.05, 0.1) is 11.3 Å². The maximum absolute atomic E-state index is 12.6. The summed E-state index contributed by atoms with van der Waals surface area (Å²) in [5.74, 6) is -6.23. The summed E-state index contributed by atoms with van der Waals surface area (Å²) in [5.41, 5.74) is 0.00923. The Morgan fingerprint density at radius 3 is 2.24 bits per heavy atom. The Morgan fingerprint density at radius 1 is 1.29 bits per heavy atom. The van der Waals surface area contributed by atoms with E-state index >= 15 is 0 Å². The number of carboxylic acid groups (broad SMARTS) is 1. The van der Waals surface area contributed by atoms with Crippen molar-refractivity contribution in [3.63, 3.8) is 0 Å². The maximum Gasteiger partial charge on any atom is 0.335 e. The molecule has 1 aromatic rings. The average Bonchev–Trinajstić information content (AvgIpc) is 2.27. The van der Waals surface area contributed by atoms with Crippen molar-refractivity contribution in [3.8, 4) is 0 Å². The summed E-state index contributed by atoms with van der Waals surface area (Å²) < 4.78 is 48.8. The number of halogens is 4. The molecule has 0 saturated carbocycles. The van der Waals surface area contributed by atoms with Crippen molar-refractivity contribution in [1.29, 1.82) is 0 Å². The molecule has 0 fully saturated rings. The van der Waals surface area contributed by atoms with E-state index < -0.39 is 24.1 Å². The maximum atomic E-state index is 12.6. The highest BCUT2D eigenvalue weighted by atomic mass is 32.2. The minimum atomic E-state index is -4.05. The van der Waals surface area contributed by atoms with Gasteiger partial charge in [-0.15, -0.1) is 11.8 Å². The molecule has 0 aliphatic carbocycles. The van der Waals surface area contributed by atoms with E-state index in [1.165, 1.54) is 24.3 Å². The molecule has 0 aliphatic rings. The Morgan fingerprint density at radius 2 is 1.82 bits per heavy atom. The number of hydrogen-bond acceptors (Lipinski definition) is 2. The highest BCUT2D eigenvalue weighted by Gasteiger charge is 2.40. The number of carbonyl (C=O) groups is 1. The summed E-state index contributed by atoms with van der Waals surface area (Å²) >= 11 is 0.553. The highest BCUT2D eigenvalue weighted by Crippen LogP contribution is 2.30. The van der Waals surface area contributed by atoms with Crippen LogP contribution in [-0.4, -0.2) is 29.2 Å². The zero-order chi connectivity index (χ0) is 13.1. The fraction of sp³-hybridized carbons (Fsp3) is 0.300. The van der Waals surface area contributed by atoms with Crippen LogP contribution in [0.3, 0.4) is 0 Å². The Kier molecular flexibility index (Phi) is 4.39. The van der Waals surface area contributed by atoms with Crippen molar-refractivity contribution < 1.29 is 27.5 Å². The molecular formula is C10H8F4O2S. The van der Waals surface area contributed by atoms with Crippen LogP contribution in [0.25, 0.3) is 0 Å². The van der Waals surface area contributed by atoms with Gasteiger partial charge in [0.15, 0.2) is 0 Å². The number of rotatable bonds is 5. The second kappa shape index (κ2) is 5.39. The van der Waals surface area contributed by atoms with Crippen molar-refractivity contribution >= 4 is 17.7 Å². The number of hydrogen-bond donors (Lipinski definition) is 1. The molecule has 1 rings (SSSR count). The lowest BCUT2D eigenvalue weighted by Crippen LogP contribution is -2.29. The van der Waals surface area contributed by atoms with Crippen LogP contribution in [0.5, 0.6) is 0 Å². The molecule has 0 spiro atoms. The van der Waals surface area contributed by atoms with Gasteiger partial charge in [-0.3, -0.25) is 0 Å². The highest BCUT2D eigenvalue weighted by molar-refractivity contribution is 7.99. The van der Waals surface area contributed by atoms with Crippen LogP contribution in [0, 0.1) is 0 Å². The molecule has 1 N–H and O–H groups in total. The second-order valence-electron chi connectivity index (χ2n) is 3.18. The Labute approximate surface area is 98.6 Å². The summed E-state index contributed by atoms with van der Waals surface area (Å²) in [6.07, 6.45) is -3.70. The molecule has 0 radical (unpaired) electrons. The van der Waals surface area contributed by atoms with E-state index in [9.17, 15) is 22.4 Å². The molecule has 0 heterocycles. The number of thioether (sulfide) groups is 1. The SMILES string of the molecule is O=C(O)c1ccc(SCC(F)(F)C(F)F)cc1. The first-order chi connectivity index (χ1) is 7.83. The van der Waals surface area contributed by atoms with Crippen LogP contribution in [0.2, 0.25) is 0 Å². The van der Waals surface area contributed by atoms with Gasteiger partial charge in [-0.25, -0.2) is 13.6 Å². The predicted octanol–water partition coefficient (Wildman–Crippen LogP) is 3.38. The minimum Gasteiger partial charge on any atom is -0.478 e. The number of aromatic carboxylic acids is 1. The van der Waals surface area contributed by atoms with Crippen LogP contribution in [0.15, 0.2) is 29.2 Å². The quantitative estimate of drug-likeness (QED) is 0.657. The number of alkyl halides is 4. The molecule has 0 bridgehead atoms. The first-order valence-electron chi connectivity index (χ1n) is 4.45. The number of carboxylic acids is 1. The third-order valence-electron chi connectivity index (χ3n) is 1.85. The van der Waals surface area contributed by atoms with Gasteiger partial charge in [0, 0.05) is 4.90 Å². The lowest BCUT2D eigenvalue weighted by atomic mass is 10.2. The van der Waals surface area contributed by atoms with Gasteiger partial charge in [0.25, 0.3) is 0 Å². The van der Waals surface area contributed by atoms with E-state index in [1.807, 2.05) is 0 Å². The lowest BCUT2D eigenvalue weighted by molar-refractivity contribution is -0.109. The van der Waals surface area contributed by atoms with Crippen molar-refractivity contribution in [2.45, 2.75) is 17.2 Å². The van der Waals surface area contributed by atoms with E-state index in [-0.39, 0.29) is 5.56 Å². The van der Waals surface area contributed by atoms with Crippen LogP contribution in [0.4, 0.5) is 17.6 Å². The van der Waals surface area contributed by atoms with Crippen molar-refractivity contribution in [1.82, 2.24) is 0 Å². The van der Waals surface area contributed by atoms with Crippen molar-refractivity contribution in [2.75, 3.05) is 5.75 Å². The summed E-state index contributed by atoms with van der Waals surface area (Å²) in [5, 5.41) is 8.58. The largest absolute Gasteiger partial charge is 0.478 e. The third kappa shape index (κ3) is 3.92. The van der Waals surface area contributed by atoms with Gasteiger partial charge < -0.3 is 5.11 Å². The van der Waals surface area contributed by atoms with E-state index in [4.69, 9.17) is 5.11 Å². The van der Waals surface area contributed by atoms with Crippen LogP contribution in [-0.2, 0) is 0 Å². The summed E-state index contributed by atoms with van der Waals surface area (Å²) in [6, 6.07) is 5.06. The van der Waals surface area contributed by atoms with Gasteiger partial charge in [0.1, 0.15) is 0 Å². The zero-order valence-electron chi connectivity index (χ0n) is 8.37. The van der Waals surface area contributed by atoms with Crippen LogP contribution >= 0.6 is 11.8 Å². The standard InChI is InChI=1S/C10H8F4O2S/c11-9(12)10(13,14)5-17-7-3-1-6(2-4-7)8(15)16/h1-4,9H,5H2,(H,15,16). The fourth-order valence-electron chi connectivity index (χ4n) is 0.936. The first kappa shape index (κ1) is 13.8. The molecule has 0 saturated heterocycles. The molecule has 94 valence electrons. The Balaban J connectivity index is 2.62. The first-order valence-corrected chi connectivity index (χ1v) is 5.43. The number of benzene rings is 1. The van der Waals surface area contributed by atoms with E-state index in [0.717, 1.165) is 0 Å². The van der Waals surface area contributed by atoms with Gasteiger partial charge in [-0.05, 0) is 24.3 Å². The smallest absolute Gasteiger partial charge is 0.335 e. The fourth-order valence-corrected chi connectivity index (χ4v) is 1.75. The van der Waals surface area contributed by atoms with Gasteiger partial charge in [-0.2, -0.15) is 8.78 Å². The van der Waals surface area contributed by atoms with Crippen molar-refractivity contribution in [2.24, 2.45) is 0 Å². The van der Waals surface area contributed by atoms with E-state index in [2.05, 4.69) is 0 Å². The Hall–Kier alpha value is -1.24.